The van der Waals surface area contributed by atoms with Crippen molar-refractivity contribution in [3.05, 3.63) is 65.9 Å². The molecule has 2 N–H and O–H groups in total. The molecule has 0 aliphatic heterocycles. The number of hydrogen-bond acceptors (Lipinski definition) is 2. The number of hydrogen-bond donors (Lipinski definition) is 2. The number of H-pyrrole nitrogens is 1. The van der Waals surface area contributed by atoms with Crippen LogP contribution in [-0.2, 0) is 6.42 Å². The molecule has 1 amide bonds. The van der Waals surface area contributed by atoms with Gasteiger partial charge in [0.25, 0.3) is 5.91 Å². The van der Waals surface area contributed by atoms with Crippen LogP contribution < -0.4 is 10.1 Å². The zero-order valence-electron chi connectivity index (χ0n) is 12.4. The third-order valence-electron chi connectivity index (χ3n) is 3.69. The molecule has 4 heteroatoms. The normalized spacial score (nSPS) is 10.6. The second-order valence-electron chi connectivity index (χ2n) is 5.10. The molecular weight excluding hydrogens is 276 g/mol. The van der Waals surface area contributed by atoms with Gasteiger partial charge in [0.05, 0.1) is 7.11 Å². The maximum atomic E-state index is 12.0. The van der Waals surface area contributed by atoms with Crippen LogP contribution in [-0.4, -0.2) is 24.5 Å². The molecular formula is C18H18N2O2. The van der Waals surface area contributed by atoms with Crippen LogP contribution in [0.15, 0.2) is 54.7 Å². The summed E-state index contributed by atoms with van der Waals surface area (Å²) in [6.07, 6.45) is 2.77. The van der Waals surface area contributed by atoms with Crippen molar-refractivity contribution >= 4 is 16.8 Å². The molecule has 112 valence electrons. The number of nitrogens with one attached hydrogen (secondary N) is 2. The molecule has 1 aromatic heterocycles. The Labute approximate surface area is 129 Å². The number of methoxy groups -OCH3 is 1. The van der Waals surface area contributed by atoms with Crippen LogP contribution in [0, 0.1) is 0 Å². The van der Waals surface area contributed by atoms with Crippen molar-refractivity contribution in [2.75, 3.05) is 13.7 Å². The average Bonchev–Trinajstić information content (AvgIpc) is 2.98. The quantitative estimate of drug-likeness (QED) is 0.759. The van der Waals surface area contributed by atoms with Gasteiger partial charge in [-0.1, -0.05) is 18.2 Å². The molecule has 0 unspecified atom stereocenters. The van der Waals surface area contributed by atoms with E-state index in [-0.39, 0.29) is 5.91 Å². The highest BCUT2D eigenvalue weighted by molar-refractivity contribution is 5.94. The summed E-state index contributed by atoms with van der Waals surface area (Å²) in [5.74, 6) is 0.792. The van der Waals surface area contributed by atoms with E-state index in [2.05, 4.69) is 10.3 Å². The van der Waals surface area contributed by atoms with Gasteiger partial charge in [0, 0.05) is 35.3 Å². The Bertz CT molecular complexity index is 778. The summed E-state index contributed by atoms with van der Waals surface area (Å²) in [7, 11) is 1.66. The zero-order valence-corrected chi connectivity index (χ0v) is 12.4. The molecule has 0 aliphatic rings. The van der Waals surface area contributed by atoms with Gasteiger partial charge in [-0.25, -0.2) is 0 Å². The molecule has 0 saturated carbocycles. The number of benzene rings is 2. The van der Waals surface area contributed by atoms with E-state index in [0.29, 0.717) is 12.1 Å². The van der Waals surface area contributed by atoms with Gasteiger partial charge in [0.2, 0.25) is 0 Å². The van der Waals surface area contributed by atoms with E-state index in [1.807, 2.05) is 54.7 Å². The molecule has 3 rings (SSSR count). The lowest BCUT2D eigenvalue weighted by Crippen LogP contribution is -2.25. The predicted molar refractivity (Wildman–Crippen MR) is 87.3 cm³/mol. The van der Waals surface area contributed by atoms with Crippen LogP contribution in [0.3, 0.4) is 0 Å². The Kier molecular flexibility index (Phi) is 4.10. The van der Waals surface area contributed by atoms with Gasteiger partial charge in [0.15, 0.2) is 0 Å². The number of ether oxygens (including phenoxy) is 1. The summed E-state index contributed by atoms with van der Waals surface area (Å²) < 4.78 is 5.22. The van der Waals surface area contributed by atoms with Gasteiger partial charge in [-0.15, -0.1) is 0 Å². The summed E-state index contributed by atoms with van der Waals surface area (Å²) in [5, 5.41) is 4.11. The van der Waals surface area contributed by atoms with Crippen molar-refractivity contribution in [2.45, 2.75) is 6.42 Å². The van der Waals surface area contributed by atoms with E-state index < -0.39 is 0 Å². The van der Waals surface area contributed by atoms with Crippen LogP contribution in [0.2, 0.25) is 0 Å². The molecule has 0 atom stereocenters. The molecule has 0 saturated heterocycles. The molecule has 4 nitrogen and oxygen atoms in total. The number of rotatable bonds is 5. The summed E-state index contributed by atoms with van der Waals surface area (Å²) in [4.78, 5) is 15.2. The second kappa shape index (κ2) is 6.35. The minimum Gasteiger partial charge on any atom is -0.497 e. The minimum absolute atomic E-state index is 0.0397. The zero-order chi connectivity index (χ0) is 15.4. The third-order valence-corrected chi connectivity index (χ3v) is 3.69. The third kappa shape index (κ3) is 2.96. The van der Waals surface area contributed by atoms with Crippen molar-refractivity contribution in [1.82, 2.24) is 10.3 Å². The Balaban J connectivity index is 1.63. The highest BCUT2D eigenvalue weighted by Crippen LogP contribution is 2.23. The Morgan fingerprint density at radius 2 is 2.00 bits per heavy atom. The van der Waals surface area contributed by atoms with Gasteiger partial charge >= 0.3 is 0 Å². The Hall–Kier alpha value is -2.75. The Morgan fingerprint density at radius 3 is 2.77 bits per heavy atom. The number of fused-ring (bicyclic) bond motifs is 1. The van der Waals surface area contributed by atoms with Crippen LogP contribution in [0.5, 0.6) is 5.75 Å². The van der Waals surface area contributed by atoms with Crippen molar-refractivity contribution in [1.29, 1.82) is 0 Å². The standard InChI is InChI=1S/C18H18N2O2/c1-22-15-7-8-16-14(12-20-17(16)11-15)9-10-19-18(21)13-5-3-2-4-6-13/h2-8,11-12,20H,9-10H2,1H3,(H,19,21). The number of amides is 1. The Morgan fingerprint density at radius 1 is 1.18 bits per heavy atom. The SMILES string of the molecule is COc1ccc2c(CCNC(=O)c3ccccc3)c[nH]c2c1. The summed E-state index contributed by atoms with van der Waals surface area (Å²) in [6, 6.07) is 15.2. The lowest BCUT2D eigenvalue weighted by molar-refractivity contribution is 0.0954. The van der Waals surface area contributed by atoms with E-state index in [1.165, 1.54) is 5.56 Å². The fourth-order valence-corrected chi connectivity index (χ4v) is 2.50. The number of aromatic nitrogens is 1. The number of carbonyl (C=O) groups is 1. The molecule has 2 aromatic carbocycles. The van der Waals surface area contributed by atoms with Gasteiger partial charge < -0.3 is 15.0 Å². The maximum Gasteiger partial charge on any atom is 0.251 e. The van der Waals surface area contributed by atoms with E-state index in [0.717, 1.165) is 23.1 Å². The van der Waals surface area contributed by atoms with Gasteiger partial charge in [0.1, 0.15) is 5.75 Å². The fraction of sp³-hybridized carbons (Fsp3) is 0.167. The lowest BCUT2D eigenvalue weighted by atomic mass is 10.1. The summed E-state index contributed by atoms with van der Waals surface area (Å²) >= 11 is 0. The van der Waals surface area contributed by atoms with Crippen LogP contribution in [0.25, 0.3) is 10.9 Å². The molecule has 0 fully saturated rings. The fourth-order valence-electron chi connectivity index (χ4n) is 2.50. The van der Waals surface area contributed by atoms with Gasteiger partial charge in [-0.3, -0.25) is 4.79 Å². The van der Waals surface area contributed by atoms with Gasteiger partial charge in [-0.05, 0) is 36.2 Å². The lowest BCUT2D eigenvalue weighted by Gasteiger charge is -2.05. The minimum atomic E-state index is -0.0397. The smallest absolute Gasteiger partial charge is 0.251 e. The first-order valence-corrected chi connectivity index (χ1v) is 7.25. The highest BCUT2D eigenvalue weighted by Gasteiger charge is 2.07. The van der Waals surface area contributed by atoms with E-state index in [1.54, 1.807) is 7.11 Å². The molecule has 3 aromatic rings. The predicted octanol–water partition coefficient (Wildman–Crippen LogP) is 3.15. The molecule has 0 bridgehead atoms. The average molecular weight is 294 g/mol. The molecule has 0 aliphatic carbocycles. The summed E-state index contributed by atoms with van der Waals surface area (Å²) in [6.45, 7) is 0.604. The van der Waals surface area contributed by atoms with Crippen LogP contribution in [0.4, 0.5) is 0 Å². The topological polar surface area (TPSA) is 54.1 Å². The van der Waals surface area contributed by atoms with Crippen molar-refractivity contribution < 1.29 is 9.53 Å². The first-order valence-electron chi connectivity index (χ1n) is 7.25. The first-order chi connectivity index (χ1) is 10.8. The van der Waals surface area contributed by atoms with Crippen molar-refractivity contribution in [3.63, 3.8) is 0 Å². The maximum absolute atomic E-state index is 12.0. The molecule has 22 heavy (non-hydrogen) atoms. The van der Waals surface area contributed by atoms with Gasteiger partial charge in [-0.2, -0.15) is 0 Å². The van der Waals surface area contributed by atoms with Crippen molar-refractivity contribution in [3.8, 4) is 5.75 Å². The van der Waals surface area contributed by atoms with Crippen LogP contribution in [0.1, 0.15) is 15.9 Å². The monoisotopic (exact) mass is 294 g/mol. The van der Waals surface area contributed by atoms with Crippen LogP contribution >= 0.6 is 0 Å². The first kappa shape index (κ1) is 14.2. The van der Waals surface area contributed by atoms with E-state index >= 15 is 0 Å². The molecule has 0 spiro atoms. The molecule has 1 heterocycles. The second-order valence-corrected chi connectivity index (χ2v) is 5.10. The van der Waals surface area contributed by atoms with E-state index in [4.69, 9.17) is 4.74 Å². The highest BCUT2D eigenvalue weighted by atomic mass is 16.5. The number of aromatic amines is 1. The molecule has 0 radical (unpaired) electrons. The largest absolute Gasteiger partial charge is 0.497 e. The van der Waals surface area contributed by atoms with Crippen molar-refractivity contribution in [2.24, 2.45) is 0 Å². The number of carbonyl (C=O) groups excluding carboxylic acids is 1. The van der Waals surface area contributed by atoms with E-state index in [9.17, 15) is 4.79 Å². The summed E-state index contributed by atoms with van der Waals surface area (Å²) in [5.41, 5.74) is 2.92.